The standard InChI is InChI=1S/C8H11BrN2OS/c1-5(10)4-11-8(12)6-2-3-7(9)13-6/h2-3,5H,4,10H2,1H3,(H,11,12). The Balaban J connectivity index is 2.49. The number of thiophene rings is 1. The Morgan fingerprint density at radius 2 is 2.46 bits per heavy atom. The number of nitrogens with one attached hydrogen (secondary N) is 1. The van der Waals surface area contributed by atoms with Crippen LogP contribution in [0.5, 0.6) is 0 Å². The molecule has 3 nitrogen and oxygen atoms in total. The number of nitrogens with two attached hydrogens (primary N) is 1. The molecular formula is C8H11BrN2OS. The summed E-state index contributed by atoms with van der Waals surface area (Å²) in [4.78, 5) is 12.1. The molecule has 0 aliphatic heterocycles. The Kier molecular flexibility index (Phi) is 3.90. The maximum Gasteiger partial charge on any atom is 0.261 e. The molecule has 0 fully saturated rings. The zero-order valence-electron chi connectivity index (χ0n) is 7.21. The van der Waals surface area contributed by atoms with Crippen molar-refractivity contribution in [2.24, 2.45) is 5.73 Å². The van der Waals surface area contributed by atoms with E-state index in [1.54, 1.807) is 6.07 Å². The summed E-state index contributed by atoms with van der Waals surface area (Å²) < 4.78 is 0.957. The Labute approximate surface area is 89.5 Å². The van der Waals surface area contributed by atoms with Crippen molar-refractivity contribution in [1.29, 1.82) is 0 Å². The van der Waals surface area contributed by atoms with Crippen LogP contribution in [0.15, 0.2) is 15.9 Å². The third-order valence-electron chi connectivity index (χ3n) is 1.38. The van der Waals surface area contributed by atoms with E-state index in [4.69, 9.17) is 5.73 Å². The molecule has 1 heterocycles. The van der Waals surface area contributed by atoms with E-state index in [1.165, 1.54) is 11.3 Å². The summed E-state index contributed by atoms with van der Waals surface area (Å²) in [7, 11) is 0. The SMILES string of the molecule is CC(N)CNC(=O)c1ccc(Br)s1. The number of rotatable bonds is 3. The molecule has 1 unspecified atom stereocenters. The minimum absolute atomic E-state index is 0.00708. The van der Waals surface area contributed by atoms with E-state index in [0.717, 1.165) is 3.79 Å². The number of amides is 1. The van der Waals surface area contributed by atoms with Crippen molar-refractivity contribution in [2.75, 3.05) is 6.54 Å². The summed E-state index contributed by atoms with van der Waals surface area (Å²) in [5, 5.41) is 2.74. The van der Waals surface area contributed by atoms with Crippen LogP contribution in [-0.4, -0.2) is 18.5 Å². The quantitative estimate of drug-likeness (QED) is 0.870. The molecule has 1 atom stereocenters. The van der Waals surface area contributed by atoms with Gasteiger partial charge in [-0.05, 0) is 35.0 Å². The predicted octanol–water partition coefficient (Wildman–Crippen LogP) is 1.59. The van der Waals surface area contributed by atoms with Gasteiger partial charge in [-0.15, -0.1) is 11.3 Å². The molecule has 1 rings (SSSR count). The van der Waals surface area contributed by atoms with Gasteiger partial charge in [0.25, 0.3) is 5.91 Å². The lowest BCUT2D eigenvalue weighted by Gasteiger charge is -2.05. The summed E-state index contributed by atoms with van der Waals surface area (Å²) in [5.41, 5.74) is 5.50. The first-order chi connectivity index (χ1) is 6.09. The van der Waals surface area contributed by atoms with Crippen LogP contribution >= 0.6 is 27.3 Å². The summed E-state index contributed by atoms with van der Waals surface area (Å²) in [6.07, 6.45) is 0. The lowest BCUT2D eigenvalue weighted by Crippen LogP contribution is -2.34. The summed E-state index contributed by atoms with van der Waals surface area (Å²) in [5.74, 6) is -0.0620. The molecule has 0 aliphatic carbocycles. The highest BCUT2D eigenvalue weighted by Crippen LogP contribution is 2.21. The first-order valence-electron chi connectivity index (χ1n) is 3.88. The molecule has 0 bridgehead atoms. The lowest BCUT2D eigenvalue weighted by molar-refractivity contribution is 0.0956. The summed E-state index contributed by atoms with van der Waals surface area (Å²) in [6, 6.07) is 3.63. The van der Waals surface area contributed by atoms with Gasteiger partial charge < -0.3 is 11.1 Å². The Morgan fingerprint density at radius 3 is 2.92 bits per heavy atom. The molecular weight excluding hydrogens is 252 g/mol. The topological polar surface area (TPSA) is 55.1 Å². The van der Waals surface area contributed by atoms with Crippen LogP contribution in [0.1, 0.15) is 16.6 Å². The van der Waals surface area contributed by atoms with Crippen molar-refractivity contribution >= 4 is 33.2 Å². The molecule has 0 saturated carbocycles. The molecule has 5 heteroatoms. The number of carbonyl (C=O) groups excluding carboxylic acids is 1. The lowest BCUT2D eigenvalue weighted by atomic mass is 10.3. The van der Waals surface area contributed by atoms with E-state index in [1.807, 2.05) is 13.0 Å². The van der Waals surface area contributed by atoms with E-state index >= 15 is 0 Å². The van der Waals surface area contributed by atoms with Crippen molar-refractivity contribution in [3.63, 3.8) is 0 Å². The highest BCUT2D eigenvalue weighted by atomic mass is 79.9. The Bertz CT molecular complexity index is 298. The Morgan fingerprint density at radius 1 is 1.77 bits per heavy atom. The molecule has 1 aromatic heterocycles. The number of halogens is 1. The zero-order valence-corrected chi connectivity index (χ0v) is 9.61. The molecule has 72 valence electrons. The average Bonchev–Trinajstić information content (AvgIpc) is 2.47. The summed E-state index contributed by atoms with van der Waals surface area (Å²) in [6.45, 7) is 2.36. The van der Waals surface area contributed by atoms with Gasteiger partial charge >= 0.3 is 0 Å². The van der Waals surface area contributed by atoms with E-state index in [-0.39, 0.29) is 11.9 Å². The first kappa shape index (κ1) is 10.7. The van der Waals surface area contributed by atoms with Crippen LogP contribution < -0.4 is 11.1 Å². The normalized spacial score (nSPS) is 12.5. The van der Waals surface area contributed by atoms with Crippen LogP contribution in [0.4, 0.5) is 0 Å². The van der Waals surface area contributed by atoms with Crippen molar-refractivity contribution in [3.8, 4) is 0 Å². The van der Waals surface area contributed by atoms with Gasteiger partial charge in [0.15, 0.2) is 0 Å². The smallest absolute Gasteiger partial charge is 0.261 e. The van der Waals surface area contributed by atoms with Crippen molar-refractivity contribution in [2.45, 2.75) is 13.0 Å². The fourth-order valence-corrected chi connectivity index (χ4v) is 2.08. The number of hydrogen-bond acceptors (Lipinski definition) is 3. The third-order valence-corrected chi connectivity index (χ3v) is 3.00. The van der Waals surface area contributed by atoms with Gasteiger partial charge in [-0.1, -0.05) is 0 Å². The van der Waals surface area contributed by atoms with Crippen molar-refractivity contribution < 1.29 is 4.79 Å². The largest absolute Gasteiger partial charge is 0.350 e. The molecule has 0 saturated heterocycles. The number of hydrogen-bond donors (Lipinski definition) is 2. The second-order valence-electron chi connectivity index (χ2n) is 2.79. The monoisotopic (exact) mass is 262 g/mol. The molecule has 1 aromatic rings. The fraction of sp³-hybridized carbons (Fsp3) is 0.375. The molecule has 13 heavy (non-hydrogen) atoms. The zero-order chi connectivity index (χ0) is 9.84. The van der Waals surface area contributed by atoms with Crippen molar-refractivity contribution in [3.05, 3.63) is 20.8 Å². The molecule has 1 amide bonds. The van der Waals surface area contributed by atoms with Gasteiger partial charge in [-0.2, -0.15) is 0 Å². The van der Waals surface area contributed by atoms with Gasteiger partial charge in [0.2, 0.25) is 0 Å². The molecule has 0 spiro atoms. The first-order valence-corrected chi connectivity index (χ1v) is 5.49. The van der Waals surface area contributed by atoms with Crippen LogP contribution in [0.2, 0.25) is 0 Å². The fourth-order valence-electron chi connectivity index (χ4n) is 0.777. The van der Waals surface area contributed by atoms with Gasteiger partial charge in [0.1, 0.15) is 0 Å². The third kappa shape index (κ3) is 3.46. The van der Waals surface area contributed by atoms with Crippen LogP contribution in [-0.2, 0) is 0 Å². The highest BCUT2D eigenvalue weighted by molar-refractivity contribution is 9.11. The second-order valence-corrected chi connectivity index (χ2v) is 5.25. The maximum atomic E-state index is 11.4. The highest BCUT2D eigenvalue weighted by Gasteiger charge is 2.07. The minimum atomic E-state index is -0.0620. The van der Waals surface area contributed by atoms with E-state index < -0.39 is 0 Å². The molecule has 0 radical (unpaired) electrons. The maximum absolute atomic E-state index is 11.4. The van der Waals surface area contributed by atoms with Gasteiger partial charge in [-0.3, -0.25) is 4.79 Å². The minimum Gasteiger partial charge on any atom is -0.350 e. The summed E-state index contributed by atoms with van der Waals surface area (Å²) >= 11 is 4.71. The predicted molar refractivity (Wildman–Crippen MR) is 58.0 cm³/mol. The van der Waals surface area contributed by atoms with E-state index in [9.17, 15) is 4.79 Å². The van der Waals surface area contributed by atoms with Crippen molar-refractivity contribution in [1.82, 2.24) is 5.32 Å². The van der Waals surface area contributed by atoms with Crippen LogP contribution in [0, 0.1) is 0 Å². The van der Waals surface area contributed by atoms with Gasteiger partial charge in [0.05, 0.1) is 8.66 Å². The van der Waals surface area contributed by atoms with Crippen LogP contribution in [0.25, 0.3) is 0 Å². The molecule has 3 N–H and O–H groups in total. The molecule has 0 aliphatic rings. The second kappa shape index (κ2) is 4.74. The average molecular weight is 263 g/mol. The Hall–Kier alpha value is -0.390. The number of carbonyl (C=O) groups is 1. The van der Waals surface area contributed by atoms with Gasteiger partial charge in [0, 0.05) is 12.6 Å². The van der Waals surface area contributed by atoms with Gasteiger partial charge in [-0.25, -0.2) is 0 Å². The molecule has 0 aromatic carbocycles. The van der Waals surface area contributed by atoms with Crippen LogP contribution in [0.3, 0.4) is 0 Å². The van der Waals surface area contributed by atoms with E-state index in [0.29, 0.717) is 11.4 Å². The van der Waals surface area contributed by atoms with E-state index in [2.05, 4.69) is 21.2 Å².